The van der Waals surface area contributed by atoms with Crippen LogP contribution < -0.4 is 0 Å². The molecule has 2 spiro atoms. The Hall–Kier alpha value is -0.0800. The summed E-state index contributed by atoms with van der Waals surface area (Å²) in [5.41, 5.74) is -0.261. The van der Waals surface area contributed by atoms with Crippen LogP contribution in [0.5, 0.6) is 0 Å². The van der Waals surface area contributed by atoms with Gasteiger partial charge in [0.05, 0.1) is 11.7 Å². The van der Waals surface area contributed by atoms with E-state index in [0.717, 1.165) is 38.5 Å². The van der Waals surface area contributed by atoms with Gasteiger partial charge < -0.3 is 10.2 Å². The summed E-state index contributed by atoms with van der Waals surface area (Å²) in [5, 5.41) is 20.3. The lowest BCUT2D eigenvalue weighted by Crippen LogP contribution is -2.47. The minimum Gasteiger partial charge on any atom is -0.392 e. The average Bonchev–Trinajstić information content (AvgIpc) is 2.84. The molecular weight excluding hydrogens is 164 g/mol. The van der Waals surface area contributed by atoms with Crippen LogP contribution in [0, 0.1) is 10.8 Å². The van der Waals surface area contributed by atoms with Crippen LogP contribution in [0.4, 0.5) is 0 Å². The van der Waals surface area contributed by atoms with Gasteiger partial charge in [0.1, 0.15) is 0 Å². The zero-order chi connectivity index (χ0) is 9.32. The Morgan fingerprint density at radius 3 is 1.69 bits per heavy atom. The minimum atomic E-state index is -0.508. The molecule has 0 aromatic carbocycles. The van der Waals surface area contributed by atoms with E-state index in [1.54, 1.807) is 0 Å². The molecule has 2 nitrogen and oxygen atoms in total. The van der Waals surface area contributed by atoms with Crippen molar-refractivity contribution in [2.24, 2.45) is 10.8 Å². The molecule has 3 aliphatic carbocycles. The topological polar surface area (TPSA) is 40.5 Å². The second-order valence-electron chi connectivity index (χ2n) is 5.98. The van der Waals surface area contributed by atoms with Gasteiger partial charge in [0.2, 0.25) is 0 Å². The van der Waals surface area contributed by atoms with Crippen molar-refractivity contribution in [2.75, 3.05) is 0 Å². The Bertz CT molecular complexity index is 225. The Balaban J connectivity index is 1.93. The monoisotopic (exact) mass is 182 g/mol. The quantitative estimate of drug-likeness (QED) is 0.595. The van der Waals surface area contributed by atoms with Crippen LogP contribution in [0.15, 0.2) is 0 Å². The average molecular weight is 182 g/mol. The summed E-state index contributed by atoms with van der Waals surface area (Å²) in [5.74, 6) is 0. The number of hydrogen-bond donors (Lipinski definition) is 2. The van der Waals surface area contributed by atoms with Crippen LogP contribution in [0.25, 0.3) is 0 Å². The van der Waals surface area contributed by atoms with Gasteiger partial charge >= 0.3 is 0 Å². The highest BCUT2D eigenvalue weighted by Crippen LogP contribution is 2.70. The lowest BCUT2D eigenvalue weighted by Gasteiger charge is -2.44. The van der Waals surface area contributed by atoms with E-state index in [1.165, 1.54) is 0 Å². The second kappa shape index (κ2) is 1.96. The first-order valence-electron chi connectivity index (χ1n) is 5.39. The van der Waals surface area contributed by atoms with Crippen molar-refractivity contribution in [1.29, 1.82) is 0 Å². The zero-order valence-corrected chi connectivity index (χ0v) is 8.21. The molecule has 3 aliphatic rings. The van der Waals surface area contributed by atoms with Gasteiger partial charge in [0, 0.05) is 0 Å². The summed E-state index contributed by atoms with van der Waals surface area (Å²) in [4.78, 5) is 0. The largest absolute Gasteiger partial charge is 0.392 e. The Morgan fingerprint density at radius 1 is 1.00 bits per heavy atom. The Labute approximate surface area is 79.0 Å². The van der Waals surface area contributed by atoms with Crippen molar-refractivity contribution in [3.63, 3.8) is 0 Å². The van der Waals surface area contributed by atoms with E-state index in [9.17, 15) is 10.2 Å². The Kier molecular flexibility index (Phi) is 1.24. The number of aliphatic hydroxyl groups is 2. The van der Waals surface area contributed by atoms with Gasteiger partial charge in [-0.1, -0.05) is 0 Å². The van der Waals surface area contributed by atoms with Crippen LogP contribution in [0.2, 0.25) is 0 Å². The number of hydrogen-bond acceptors (Lipinski definition) is 2. The summed E-state index contributed by atoms with van der Waals surface area (Å²) in [6.07, 6.45) is 6.06. The van der Waals surface area contributed by atoms with Crippen molar-refractivity contribution in [3.05, 3.63) is 0 Å². The van der Waals surface area contributed by atoms with Gasteiger partial charge in [-0.3, -0.25) is 0 Å². The van der Waals surface area contributed by atoms with E-state index < -0.39 is 5.60 Å². The van der Waals surface area contributed by atoms with Crippen LogP contribution >= 0.6 is 0 Å². The third-order valence-corrected chi connectivity index (χ3v) is 4.41. The van der Waals surface area contributed by atoms with E-state index >= 15 is 0 Å². The molecule has 3 saturated carbocycles. The fourth-order valence-electron chi connectivity index (χ4n) is 3.64. The van der Waals surface area contributed by atoms with E-state index in [4.69, 9.17) is 0 Å². The third-order valence-electron chi connectivity index (χ3n) is 4.41. The lowest BCUT2D eigenvalue weighted by molar-refractivity contribution is -0.108. The number of rotatable bonds is 0. The van der Waals surface area contributed by atoms with Gasteiger partial charge in [0.15, 0.2) is 0 Å². The molecule has 0 atom stereocenters. The van der Waals surface area contributed by atoms with Gasteiger partial charge in [-0.05, 0) is 56.3 Å². The van der Waals surface area contributed by atoms with Gasteiger partial charge in [-0.15, -0.1) is 0 Å². The first kappa shape index (κ1) is 8.25. The molecule has 0 amide bonds. The van der Waals surface area contributed by atoms with Crippen molar-refractivity contribution in [1.82, 2.24) is 0 Å². The molecule has 3 fully saturated rings. The fraction of sp³-hybridized carbons (Fsp3) is 1.00. The molecular formula is C11H18O2. The number of aliphatic hydroxyl groups excluding tert-OH is 1. The predicted molar refractivity (Wildman–Crippen MR) is 49.2 cm³/mol. The minimum absolute atomic E-state index is 0.111. The molecule has 0 aromatic rings. The van der Waals surface area contributed by atoms with E-state index in [2.05, 4.69) is 0 Å². The summed E-state index contributed by atoms with van der Waals surface area (Å²) in [6, 6.07) is 0. The molecule has 74 valence electrons. The molecule has 0 bridgehead atoms. The van der Waals surface area contributed by atoms with Crippen LogP contribution in [-0.4, -0.2) is 21.9 Å². The first-order valence-corrected chi connectivity index (χ1v) is 5.39. The third kappa shape index (κ3) is 1.02. The predicted octanol–water partition coefficient (Wildman–Crippen LogP) is 1.45. The summed E-state index contributed by atoms with van der Waals surface area (Å²) < 4.78 is 0. The smallest absolute Gasteiger partial charge is 0.0654 e. The molecule has 0 saturated heterocycles. The normalized spacial score (nSPS) is 49.6. The highest BCUT2D eigenvalue weighted by molar-refractivity contribution is 5.18. The molecule has 0 radical (unpaired) electrons. The van der Waals surface area contributed by atoms with Crippen LogP contribution in [0.3, 0.4) is 0 Å². The highest BCUT2D eigenvalue weighted by Gasteiger charge is 2.67. The maximum absolute atomic E-state index is 10.2. The van der Waals surface area contributed by atoms with Crippen LogP contribution in [0.1, 0.15) is 45.4 Å². The molecule has 13 heavy (non-hydrogen) atoms. The molecule has 0 aromatic heterocycles. The van der Waals surface area contributed by atoms with Crippen LogP contribution in [-0.2, 0) is 0 Å². The van der Waals surface area contributed by atoms with E-state index in [-0.39, 0.29) is 16.9 Å². The summed E-state index contributed by atoms with van der Waals surface area (Å²) in [6.45, 7) is 1.94. The van der Waals surface area contributed by atoms with Crippen molar-refractivity contribution >= 4 is 0 Å². The van der Waals surface area contributed by atoms with E-state index in [0.29, 0.717) is 0 Å². The Morgan fingerprint density at radius 2 is 1.38 bits per heavy atom. The maximum atomic E-state index is 10.2. The van der Waals surface area contributed by atoms with Crippen molar-refractivity contribution in [3.8, 4) is 0 Å². The summed E-state index contributed by atoms with van der Waals surface area (Å²) >= 11 is 0. The van der Waals surface area contributed by atoms with Gasteiger partial charge in [-0.2, -0.15) is 0 Å². The molecule has 2 N–H and O–H groups in total. The molecule has 0 unspecified atom stereocenters. The second-order valence-corrected chi connectivity index (χ2v) is 5.98. The SMILES string of the molecule is CC1(O)CC2(CC2)C(O)C2(CC2)C1. The zero-order valence-electron chi connectivity index (χ0n) is 8.21. The maximum Gasteiger partial charge on any atom is 0.0654 e. The molecule has 0 heterocycles. The molecule has 0 aliphatic heterocycles. The van der Waals surface area contributed by atoms with Crippen molar-refractivity contribution in [2.45, 2.75) is 57.2 Å². The summed E-state index contributed by atoms with van der Waals surface area (Å²) in [7, 11) is 0. The molecule has 3 rings (SSSR count). The van der Waals surface area contributed by atoms with E-state index in [1.807, 2.05) is 6.92 Å². The highest BCUT2D eigenvalue weighted by atomic mass is 16.3. The first-order chi connectivity index (χ1) is 5.98. The van der Waals surface area contributed by atoms with Crippen molar-refractivity contribution < 1.29 is 10.2 Å². The fourth-order valence-corrected chi connectivity index (χ4v) is 3.64. The lowest BCUT2D eigenvalue weighted by atomic mass is 9.67. The van der Waals surface area contributed by atoms with Gasteiger partial charge in [0.25, 0.3) is 0 Å². The standard InChI is InChI=1S/C11H18O2/c1-9(13)6-10(2-3-10)8(12)11(7-9)4-5-11/h8,12-13H,2-7H2,1H3. The molecule has 2 heteroatoms. The van der Waals surface area contributed by atoms with Gasteiger partial charge in [-0.25, -0.2) is 0 Å².